The third-order valence-electron chi connectivity index (χ3n) is 3.69. The van der Waals surface area contributed by atoms with Crippen molar-refractivity contribution in [2.75, 3.05) is 13.7 Å². The van der Waals surface area contributed by atoms with Gasteiger partial charge in [-0.2, -0.15) is 4.99 Å². The Morgan fingerprint density at radius 3 is 2.85 bits per heavy atom. The molecule has 0 bridgehead atoms. The first kappa shape index (κ1) is 17.9. The maximum atomic E-state index is 13.5. The number of ether oxygens (including phenoxy) is 1. The summed E-state index contributed by atoms with van der Waals surface area (Å²) in [5.74, 6) is -1.12. The van der Waals surface area contributed by atoms with E-state index >= 15 is 0 Å². The van der Waals surface area contributed by atoms with E-state index in [-0.39, 0.29) is 11.3 Å². The van der Waals surface area contributed by atoms with Gasteiger partial charge in [0.25, 0.3) is 11.6 Å². The van der Waals surface area contributed by atoms with Crippen LogP contribution in [-0.2, 0) is 11.3 Å². The van der Waals surface area contributed by atoms with Gasteiger partial charge < -0.3 is 9.30 Å². The number of methoxy groups -OCH3 is 1. The zero-order valence-electron chi connectivity index (χ0n) is 13.7. The molecule has 0 aliphatic rings. The number of hydrogen-bond donors (Lipinski definition) is 0. The standard InChI is InChI=1S/C17H14FN3O4S/c1-25-9-8-20-14-7-6-11(18)10-15(14)26-17(20)19-16(22)12-4-2-3-5-13(12)21(23)24/h2-7,10H,8-9H2,1H3. The molecule has 3 rings (SSSR count). The van der Waals surface area contributed by atoms with Crippen LogP contribution in [0.1, 0.15) is 10.4 Å². The summed E-state index contributed by atoms with van der Waals surface area (Å²) in [4.78, 5) is 27.4. The van der Waals surface area contributed by atoms with Crippen LogP contribution in [-0.4, -0.2) is 29.1 Å². The lowest BCUT2D eigenvalue weighted by Crippen LogP contribution is -2.19. The molecule has 1 heterocycles. The highest BCUT2D eigenvalue weighted by Gasteiger charge is 2.19. The van der Waals surface area contributed by atoms with Gasteiger partial charge in [0.2, 0.25) is 0 Å². The van der Waals surface area contributed by atoms with E-state index in [4.69, 9.17) is 4.74 Å². The topological polar surface area (TPSA) is 86.7 Å². The van der Waals surface area contributed by atoms with Crippen molar-refractivity contribution in [3.8, 4) is 0 Å². The zero-order valence-corrected chi connectivity index (χ0v) is 14.5. The van der Waals surface area contributed by atoms with Crippen molar-refractivity contribution in [2.24, 2.45) is 4.99 Å². The summed E-state index contributed by atoms with van der Waals surface area (Å²) in [5, 5.41) is 11.1. The monoisotopic (exact) mass is 375 g/mol. The van der Waals surface area contributed by atoms with Crippen LogP contribution < -0.4 is 4.80 Å². The first-order valence-corrected chi connectivity index (χ1v) is 8.43. The van der Waals surface area contributed by atoms with Gasteiger partial charge in [-0.1, -0.05) is 23.5 Å². The van der Waals surface area contributed by atoms with Crippen LogP contribution in [0, 0.1) is 15.9 Å². The first-order valence-electron chi connectivity index (χ1n) is 7.61. The first-order chi connectivity index (χ1) is 12.5. The molecule has 0 radical (unpaired) electrons. The summed E-state index contributed by atoms with van der Waals surface area (Å²) in [7, 11) is 1.55. The number of para-hydroxylation sites is 1. The average molecular weight is 375 g/mol. The minimum absolute atomic E-state index is 0.0978. The Labute approximate surface area is 151 Å². The molecule has 0 unspecified atom stereocenters. The van der Waals surface area contributed by atoms with Crippen molar-refractivity contribution in [1.82, 2.24) is 4.57 Å². The van der Waals surface area contributed by atoms with Crippen LogP contribution in [0.25, 0.3) is 10.2 Å². The van der Waals surface area contributed by atoms with E-state index in [0.29, 0.717) is 28.2 Å². The molecule has 0 atom stereocenters. The predicted molar refractivity (Wildman–Crippen MR) is 94.6 cm³/mol. The largest absolute Gasteiger partial charge is 0.383 e. The number of thiazole rings is 1. The number of benzene rings is 2. The number of fused-ring (bicyclic) bond motifs is 1. The highest BCUT2D eigenvalue weighted by atomic mass is 32.1. The van der Waals surface area contributed by atoms with Gasteiger partial charge in [-0.25, -0.2) is 4.39 Å². The Morgan fingerprint density at radius 1 is 1.35 bits per heavy atom. The van der Waals surface area contributed by atoms with Crippen molar-refractivity contribution in [2.45, 2.75) is 6.54 Å². The van der Waals surface area contributed by atoms with E-state index in [1.807, 2.05) is 0 Å². The summed E-state index contributed by atoms with van der Waals surface area (Å²) in [6, 6.07) is 9.92. The average Bonchev–Trinajstić information content (AvgIpc) is 2.95. The molecule has 0 spiro atoms. The number of carbonyl (C=O) groups is 1. The van der Waals surface area contributed by atoms with Gasteiger partial charge in [-0.15, -0.1) is 0 Å². The van der Waals surface area contributed by atoms with Gasteiger partial charge in [0.05, 0.1) is 21.7 Å². The van der Waals surface area contributed by atoms with Crippen molar-refractivity contribution >= 4 is 33.1 Å². The summed E-state index contributed by atoms with van der Waals surface area (Å²) >= 11 is 1.14. The van der Waals surface area contributed by atoms with E-state index in [1.165, 1.54) is 36.4 Å². The Balaban J connectivity index is 2.14. The predicted octanol–water partition coefficient (Wildman–Crippen LogP) is 3.14. The number of nitro groups is 1. The molecule has 0 saturated heterocycles. The fourth-order valence-corrected chi connectivity index (χ4v) is 3.57. The van der Waals surface area contributed by atoms with Crippen LogP contribution in [0.3, 0.4) is 0 Å². The molecule has 7 nitrogen and oxygen atoms in total. The SMILES string of the molecule is COCCn1c(=NC(=O)c2ccccc2[N+](=O)[O-])sc2cc(F)ccc21. The molecule has 26 heavy (non-hydrogen) atoms. The highest BCUT2D eigenvalue weighted by Crippen LogP contribution is 2.20. The van der Waals surface area contributed by atoms with E-state index in [9.17, 15) is 19.3 Å². The Kier molecular flexibility index (Phi) is 5.19. The van der Waals surface area contributed by atoms with Crippen molar-refractivity contribution in [1.29, 1.82) is 0 Å². The van der Waals surface area contributed by atoms with Crippen LogP contribution in [0.4, 0.5) is 10.1 Å². The number of rotatable bonds is 5. The van der Waals surface area contributed by atoms with Gasteiger partial charge in [0.15, 0.2) is 4.80 Å². The van der Waals surface area contributed by atoms with Gasteiger partial charge >= 0.3 is 0 Å². The summed E-state index contributed by atoms with van der Waals surface area (Å²) < 4.78 is 20.9. The van der Waals surface area contributed by atoms with Crippen molar-refractivity contribution in [3.63, 3.8) is 0 Å². The lowest BCUT2D eigenvalue weighted by Gasteiger charge is -2.04. The van der Waals surface area contributed by atoms with Gasteiger partial charge in [-0.05, 0) is 24.3 Å². The lowest BCUT2D eigenvalue weighted by atomic mass is 10.2. The second-order valence-electron chi connectivity index (χ2n) is 5.33. The van der Waals surface area contributed by atoms with Gasteiger partial charge in [-0.3, -0.25) is 14.9 Å². The van der Waals surface area contributed by atoms with E-state index in [2.05, 4.69) is 4.99 Å². The fourth-order valence-electron chi connectivity index (χ4n) is 2.49. The fraction of sp³-hybridized carbons (Fsp3) is 0.176. The zero-order chi connectivity index (χ0) is 18.7. The number of aromatic nitrogens is 1. The van der Waals surface area contributed by atoms with Gasteiger partial charge in [0.1, 0.15) is 11.4 Å². The summed E-state index contributed by atoms with van der Waals surface area (Å²) in [6.45, 7) is 0.779. The van der Waals surface area contributed by atoms with Gasteiger partial charge in [0, 0.05) is 19.7 Å². The number of nitro benzene ring substituents is 1. The van der Waals surface area contributed by atoms with Crippen molar-refractivity contribution < 1.29 is 18.8 Å². The number of carbonyl (C=O) groups excluding carboxylic acids is 1. The minimum atomic E-state index is -0.726. The van der Waals surface area contributed by atoms with Crippen molar-refractivity contribution in [3.05, 3.63) is 68.8 Å². The molecule has 2 aromatic carbocycles. The third kappa shape index (κ3) is 3.53. The Morgan fingerprint density at radius 2 is 2.12 bits per heavy atom. The molecule has 0 aliphatic heterocycles. The molecule has 9 heteroatoms. The number of amides is 1. The molecule has 0 N–H and O–H groups in total. The summed E-state index contributed by atoms with van der Waals surface area (Å²) in [5.41, 5.74) is 0.304. The molecule has 1 aromatic heterocycles. The molecule has 0 aliphatic carbocycles. The maximum absolute atomic E-state index is 13.5. The van der Waals surface area contributed by atoms with Crippen LogP contribution >= 0.6 is 11.3 Å². The maximum Gasteiger partial charge on any atom is 0.286 e. The quantitative estimate of drug-likeness (QED) is 0.506. The van der Waals surface area contributed by atoms with Crippen LogP contribution in [0.5, 0.6) is 0 Å². The molecule has 3 aromatic rings. The van der Waals surface area contributed by atoms with Crippen LogP contribution in [0.15, 0.2) is 47.5 Å². The Hall–Kier alpha value is -2.91. The summed E-state index contributed by atoms with van der Waals surface area (Å²) in [6.07, 6.45) is 0. The van der Waals surface area contributed by atoms with E-state index < -0.39 is 16.6 Å². The number of halogens is 1. The smallest absolute Gasteiger partial charge is 0.286 e. The number of nitrogens with zero attached hydrogens (tertiary/aromatic N) is 3. The van der Waals surface area contributed by atoms with E-state index in [0.717, 1.165) is 11.3 Å². The van der Waals surface area contributed by atoms with E-state index in [1.54, 1.807) is 17.7 Å². The highest BCUT2D eigenvalue weighted by molar-refractivity contribution is 7.16. The molecule has 1 amide bonds. The lowest BCUT2D eigenvalue weighted by molar-refractivity contribution is -0.385. The number of hydrogen-bond acceptors (Lipinski definition) is 5. The Bertz CT molecular complexity index is 1060. The third-order valence-corrected chi connectivity index (χ3v) is 4.73. The second kappa shape index (κ2) is 7.54. The minimum Gasteiger partial charge on any atom is -0.383 e. The normalized spacial score (nSPS) is 11.8. The molecular formula is C17H14FN3O4S. The molecule has 134 valence electrons. The molecule has 0 saturated carbocycles. The second-order valence-corrected chi connectivity index (χ2v) is 6.34. The molecule has 0 fully saturated rings. The van der Waals surface area contributed by atoms with Crippen LogP contribution in [0.2, 0.25) is 0 Å². The molecular weight excluding hydrogens is 361 g/mol.